The van der Waals surface area contributed by atoms with Crippen molar-refractivity contribution >= 4 is 52.3 Å². The summed E-state index contributed by atoms with van der Waals surface area (Å²) in [4.78, 5) is 17.1. The number of likely N-dealkylation sites (tertiary alicyclic amines) is 1. The lowest BCUT2D eigenvalue weighted by Gasteiger charge is -2.45. The van der Waals surface area contributed by atoms with Crippen LogP contribution in [0.1, 0.15) is 57.4 Å². The third-order valence-corrected chi connectivity index (χ3v) is 12.3. The van der Waals surface area contributed by atoms with Crippen molar-refractivity contribution in [3.8, 4) is 0 Å². The van der Waals surface area contributed by atoms with Crippen molar-refractivity contribution in [1.29, 1.82) is 0 Å². The highest BCUT2D eigenvalue weighted by Crippen LogP contribution is 2.47. The number of benzene rings is 3. The summed E-state index contributed by atoms with van der Waals surface area (Å²) in [5.74, 6) is -0.443. The molecular formula is C33H31Cl3F6N2O3S. The van der Waals surface area contributed by atoms with E-state index in [4.69, 9.17) is 27.9 Å². The van der Waals surface area contributed by atoms with E-state index in [9.17, 15) is 35.3 Å². The van der Waals surface area contributed by atoms with Gasteiger partial charge in [0.15, 0.2) is 0 Å². The van der Waals surface area contributed by atoms with E-state index in [-0.39, 0.29) is 48.2 Å². The third-order valence-electron chi connectivity index (χ3n) is 9.48. The molecule has 3 aromatic carbocycles. The minimum absolute atomic E-state index is 0. The van der Waals surface area contributed by atoms with Crippen molar-refractivity contribution in [3.05, 3.63) is 104 Å². The number of rotatable bonds is 5. The number of piperidine rings is 1. The first kappa shape index (κ1) is 36.9. The van der Waals surface area contributed by atoms with Gasteiger partial charge in [-0.2, -0.15) is 26.3 Å². The molecule has 0 aliphatic carbocycles. The fourth-order valence-electron chi connectivity index (χ4n) is 6.93. The summed E-state index contributed by atoms with van der Waals surface area (Å²) in [6.07, 6.45) is -8.47. The number of carbonyl (C=O) groups is 1. The molecule has 5 nitrogen and oxygen atoms in total. The number of halogens is 9. The van der Waals surface area contributed by atoms with Crippen molar-refractivity contribution < 1.29 is 40.1 Å². The fourth-order valence-corrected chi connectivity index (χ4v) is 9.13. The first-order valence-corrected chi connectivity index (χ1v) is 17.1. The van der Waals surface area contributed by atoms with Crippen LogP contribution in [0.3, 0.4) is 0 Å². The Balaban J connectivity index is 0.00000451. The van der Waals surface area contributed by atoms with Crippen LogP contribution in [0.4, 0.5) is 26.3 Å². The lowest BCUT2D eigenvalue weighted by Crippen LogP contribution is -2.53. The Morgan fingerprint density at radius 2 is 1.52 bits per heavy atom. The first-order chi connectivity index (χ1) is 22.1. The van der Waals surface area contributed by atoms with Gasteiger partial charge < -0.3 is 14.5 Å². The van der Waals surface area contributed by atoms with Crippen LogP contribution >= 0.6 is 35.6 Å². The number of carbonyl (C=O) groups excluding carboxylic acids is 1. The van der Waals surface area contributed by atoms with Crippen molar-refractivity contribution in [3.63, 3.8) is 0 Å². The van der Waals surface area contributed by atoms with E-state index < -0.39 is 56.1 Å². The predicted octanol–water partition coefficient (Wildman–Crippen LogP) is 8.46. The largest absolute Gasteiger partial charge is 0.416 e. The van der Waals surface area contributed by atoms with Gasteiger partial charge in [-0.3, -0.25) is 9.00 Å². The number of fused-ring (bicyclic) bond motifs is 2. The molecule has 0 radical (unpaired) electrons. The Morgan fingerprint density at radius 3 is 2.15 bits per heavy atom. The van der Waals surface area contributed by atoms with Crippen molar-refractivity contribution in [2.24, 2.45) is 0 Å². The molecule has 1 spiro atoms. The zero-order valence-corrected chi connectivity index (χ0v) is 28.4. The van der Waals surface area contributed by atoms with Crippen LogP contribution in [0.5, 0.6) is 0 Å². The molecule has 0 N–H and O–H groups in total. The zero-order valence-electron chi connectivity index (χ0n) is 25.3. The van der Waals surface area contributed by atoms with Crippen molar-refractivity contribution in [2.45, 2.75) is 47.7 Å². The molecule has 0 saturated carbocycles. The topological polar surface area (TPSA) is 49.9 Å². The molecular weight excluding hydrogens is 725 g/mol. The van der Waals surface area contributed by atoms with Crippen molar-refractivity contribution in [2.75, 3.05) is 39.3 Å². The summed E-state index contributed by atoms with van der Waals surface area (Å²) in [6.45, 7) is 1.60. The van der Waals surface area contributed by atoms with E-state index in [0.29, 0.717) is 62.3 Å². The molecule has 260 valence electrons. The van der Waals surface area contributed by atoms with Crippen LogP contribution in [-0.4, -0.2) is 59.2 Å². The highest BCUT2D eigenvalue weighted by atomic mass is 35.5. The van der Waals surface area contributed by atoms with Crippen molar-refractivity contribution in [1.82, 2.24) is 9.80 Å². The van der Waals surface area contributed by atoms with Gasteiger partial charge in [0.05, 0.1) is 39.1 Å². The number of hydrogen-bond donors (Lipinski definition) is 0. The predicted molar refractivity (Wildman–Crippen MR) is 174 cm³/mol. The summed E-state index contributed by atoms with van der Waals surface area (Å²) in [6, 6.07) is 13.8. The van der Waals surface area contributed by atoms with Gasteiger partial charge in [-0.1, -0.05) is 53.5 Å². The number of amides is 1. The lowest BCUT2D eigenvalue weighted by atomic mass is 9.85. The second-order valence-electron chi connectivity index (χ2n) is 12.2. The van der Waals surface area contributed by atoms with E-state index >= 15 is 0 Å². The molecule has 2 saturated heterocycles. The minimum atomic E-state index is -5.09. The maximum Gasteiger partial charge on any atom is 0.416 e. The van der Waals surface area contributed by atoms with Gasteiger partial charge in [0.2, 0.25) is 0 Å². The Labute approximate surface area is 292 Å². The van der Waals surface area contributed by atoms with Gasteiger partial charge >= 0.3 is 12.4 Å². The zero-order chi connectivity index (χ0) is 33.8. The molecule has 0 bridgehead atoms. The standard InChI is InChI=1S/C33H30Cl2F6N2O3S.ClH/c34-27-6-5-23(18-28(27)35)30(7-10-42-11-8-31(9-12-42)26-4-2-1-3-21(26)19-47(31)45)20-43(13-14-46-30)29(44)22-15-24(32(36,37)38)17-25(16-22)33(39,40)41;/h1-6,15-18H,7-14,19-20H2;1H/t30-,47?;/m0./s1. The second-order valence-corrected chi connectivity index (χ2v) is 14.8. The fraction of sp³-hybridized carbons (Fsp3) is 0.424. The molecule has 15 heteroatoms. The molecule has 2 atom stereocenters. The number of morpholine rings is 1. The average Bonchev–Trinajstić information content (AvgIpc) is 3.31. The molecule has 0 aromatic heterocycles. The third kappa shape index (κ3) is 7.11. The summed E-state index contributed by atoms with van der Waals surface area (Å²) in [5, 5.41) is 0.509. The summed E-state index contributed by atoms with van der Waals surface area (Å²) >= 11 is 12.5. The monoisotopic (exact) mass is 754 g/mol. The molecule has 3 heterocycles. The van der Waals surface area contributed by atoms with Gasteiger partial charge in [0.1, 0.15) is 5.60 Å². The highest BCUT2D eigenvalue weighted by Gasteiger charge is 2.48. The van der Waals surface area contributed by atoms with Crippen LogP contribution < -0.4 is 0 Å². The Bertz CT molecular complexity index is 1680. The molecule has 1 unspecified atom stereocenters. The van der Waals surface area contributed by atoms with Crippen LogP contribution in [0.25, 0.3) is 0 Å². The number of alkyl halides is 6. The molecule has 48 heavy (non-hydrogen) atoms. The van der Waals surface area contributed by atoms with E-state index in [0.717, 1.165) is 11.1 Å². The number of hydrogen-bond acceptors (Lipinski definition) is 4. The van der Waals surface area contributed by atoms with E-state index in [1.165, 1.54) is 4.90 Å². The molecule has 6 rings (SSSR count). The average molecular weight is 756 g/mol. The van der Waals surface area contributed by atoms with E-state index in [1.54, 1.807) is 18.2 Å². The van der Waals surface area contributed by atoms with Crippen LogP contribution in [0.15, 0.2) is 60.7 Å². The van der Waals surface area contributed by atoms with Gasteiger partial charge in [-0.25, -0.2) is 0 Å². The Morgan fingerprint density at radius 1 is 0.875 bits per heavy atom. The minimum Gasteiger partial charge on any atom is -0.367 e. The lowest BCUT2D eigenvalue weighted by molar-refractivity contribution is -0.143. The maximum absolute atomic E-state index is 13.6. The molecule has 3 aromatic rings. The van der Waals surface area contributed by atoms with E-state index in [2.05, 4.69) is 11.0 Å². The molecule has 3 aliphatic rings. The maximum atomic E-state index is 13.6. The van der Waals surface area contributed by atoms with E-state index in [1.807, 2.05) is 18.2 Å². The second kappa shape index (κ2) is 13.8. The number of ether oxygens (including phenoxy) is 1. The SMILES string of the molecule is Cl.O=C(c1cc(C(F)(F)F)cc(C(F)(F)F)c1)N1CCO[C@](CCN2CCC3(CC2)c2ccccc2CS3=O)(c2ccc(Cl)c(Cl)c2)C1. The van der Waals surface area contributed by atoms with Crippen LogP contribution in [0.2, 0.25) is 10.0 Å². The van der Waals surface area contributed by atoms with Gasteiger partial charge in [-0.05, 0) is 79.4 Å². The molecule has 3 aliphatic heterocycles. The smallest absolute Gasteiger partial charge is 0.367 e. The van der Waals surface area contributed by atoms with Crippen LogP contribution in [0, 0.1) is 0 Å². The Hall–Kier alpha value is -2.35. The normalized spacial score (nSPS) is 22.8. The molecule has 1 amide bonds. The summed E-state index contributed by atoms with van der Waals surface area (Å²) in [7, 11) is -1.04. The number of nitrogens with zero attached hydrogens (tertiary/aromatic N) is 2. The Kier molecular flexibility index (Phi) is 10.6. The molecule has 2 fully saturated rings. The highest BCUT2D eigenvalue weighted by molar-refractivity contribution is 7.85. The quantitative estimate of drug-likeness (QED) is 0.246. The first-order valence-electron chi connectivity index (χ1n) is 15.0. The summed E-state index contributed by atoms with van der Waals surface area (Å²) in [5.41, 5.74) is -2.21. The van der Waals surface area contributed by atoms with Gasteiger partial charge in [0.25, 0.3) is 5.91 Å². The van der Waals surface area contributed by atoms with Gasteiger partial charge in [0, 0.05) is 35.2 Å². The van der Waals surface area contributed by atoms with Crippen LogP contribution in [-0.2, 0) is 44.0 Å². The summed E-state index contributed by atoms with van der Waals surface area (Å²) < 4.78 is 101. The van der Waals surface area contributed by atoms with Gasteiger partial charge in [-0.15, -0.1) is 12.4 Å².